The Hall–Kier alpha value is -6.71. The Morgan fingerprint density at radius 1 is 0.560 bits per heavy atom. The van der Waals surface area contributed by atoms with E-state index in [9.17, 15) is 5.26 Å². The number of aromatic nitrogens is 3. The quantitative estimate of drug-likeness (QED) is 0.190. The van der Waals surface area contributed by atoms with E-state index in [0.717, 1.165) is 83.5 Å². The van der Waals surface area contributed by atoms with Gasteiger partial charge in [-0.25, -0.2) is 0 Å². The molecule has 0 radical (unpaired) electrons. The number of benzene rings is 5. The van der Waals surface area contributed by atoms with Crippen LogP contribution in [0, 0.1) is 11.3 Å². The van der Waals surface area contributed by atoms with Crippen molar-refractivity contribution in [2.45, 2.75) is 19.6 Å². The molecule has 0 saturated heterocycles. The lowest BCUT2D eigenvalue weighted by atomic mass is 9.92. The van der Waals surface area contributed by atoms with Crippen molar-refractivity contribution >= 4 is 21.8 Å². The summed E-state index contributed by atoms with van der Waals surface area (Å²) in [6.45, 7) is 3.87. The molecule has 1 aliphatic heterocycles. The maximum atomic E-state index is 9.65. The van der Waals surface area contributed by atoms with Crippen LogP contribution >= 0.6 is 0 Å². The lowest BCUT2D eigenvalue weighted by Gasteiger charge is -2.25. The Labute approximate surface area is 289 Å². The summed E-state index contributed by atoms with van der Waals surface area (Å²) >= 11 is 0. The van der Waals surface area contributed by atoms with Gasteiger partial charge in [0, 0.05) is 77.3 Å². The van der Waals surface area contributed by atoms with E-state index in [1.54, 1.807) is 12.4 Å². The predicted octanol–water partition coefficient (Wildman–Crippen LogP) is 10.6. The van der Waals surface area contributed by atoms with E-state index < -0.39 is 5.79 Å². The normalized spacial score (nSPS) is 13.1. The van der Waals surface area contributed by atoms with Crippen molar-refractivity contribution in [1.29, 1.82) is 5.26 Å². The first-order chi connectivity index (χ1) is 24.4. The summed E-state index contributed by atoms with van der Waals surface area (Å²) in [5, 5.41) is 11.8. The molecule has 0 fully saturated rings. The first-order valence-corrected chi connectivity index (χ1v) is 16.5. The maximum Gasteiger partial charge on any atom is 0.245 e. The van der Waals surface area contributed by atoms with E-state index >= 15 is 0 Å². The largest absolute Gasteiger partial charge is 0.452 e. The Morgan fingerprint density at radius 3 is 1.84 bits per heavy atom. The summed E-state index contributed by atoms with van der Waals surface area (Å²) in [4.78, 5) is 8.78. The van der Waals surface area contributed by atoms with E-state index in [-0.39, 0.29) is 0 Å². The minimum Gasteiger partial charge on any atom is -0.452 e. The number of nitrogens with zero attached hydrogens (tertiary/aromatic N) is 4. The summed E-state index contributed by atoms with van der Waals surface area (Å²) in [6.07, 6.45) is 7.37. The third-order valence-corrected chi connectivity index (χ3v) is 9.26. The van der Waals surface area contributed by atoms with Crippen LogP contribution in [0.25, 0.3) is 72.0 Å². The third-order valence-electron chi connectivity index (χ3n) is 9.26. The summed E-state index contributed by atoms with van der Waals surface area (Å²) in [5.41, 5.74) is 11.9. The van der Waals surface area contributed by atoms with Crippen LogP contribution in [0.15, 0.2) is 146 Å². The molecule has 6 heteroatoms. The molecule has 9 rings (SSSR count). The summed E-state index contributed by atoms with van der Waals surface area (Å²) < 4.78 is 15.3. The van der Waals surface area contributed by atoms with Gasteiger partial charge in [0.25, 0.3) is 0 Å². The molecule has 0 bridgehead atoms. The molecule has 238 valence electrons. The van der Waals surface area contributed by atoms with Crippen molar-refractivity contribution in [3.8, 4) is 67.8 Å². The highest BCUT2D eigenvalue weighted by Crippen LogP contribution is 2.46. The van der Waals surface area contributed by atoms with Crippen molar-refractivity contribution in [2.24, 2.45) is 0 Å². The van der Waals surface area contributed by atoms with E-state index in [1.165, 1.54) is 0 Å². The number of pyridine rings is 2. The van der Waals surface area contributed by atoms with Gasteiger partial charge in [-0.2, -0.15) is 5.26 Å². The summed E-state index contributed by atoms with van der Waals surface area (Å²) in [7, 11) is 0. The van der Waals surface area contributed by atoms with E-state index in [0.29, 0.717) is 5.56 Å². The fraction of sp³-hybridized carbons (Fsp3) is 0.0682. The Kier molecular flexibility index (Phi) is 6.75. The molecule has 0 aliphatic carbocycles. The molecule has 0 spiro atoms. The van der Waals surface area contributed by atoms with Gasteiger partial charge in [0.15, 0.2) is 0 Å². The van der Waals surface area contributed by atoms with Crippen molar-refractivity contribution in [2.75, 3.05) is 0 Å². The fourth-order valence-corrected chi connectivity index (χ4v) is 7.03. The molecule has 0 amide bonds. The second-order valence-electron chi connectivity index (χ2n) is 13.0. The third kappa shape index (κ3) is 5.04. The molecular weight excluding hydrogens is 617 g/mol. The first kappa shape index (κ1) is 29.4. The average Bonchev–Trinajstić information content (AvgIpc) is 3.43. The lowest BCUT2D eigenvalue weighted by molar-refractivity contribution is -0.0778. The van der Waals surface area contributed by atoms with Gasteiger partial charge in [-0.05, 0) is 107 Å². The summed E-state index contributed by atoms with van der Waals surface area (Å²) in [5.74, 6) is 0.589. The van der Waals surface area contributed by atoms with Crippen molar-refractivity contribution in [3.63, 3.8) is 0 Å². The molecule has 6 nitrogen and oxygen atoms in total. The maximum absolute atomic E-state index is 9.65. The molecule has 1 aliphatic rings. The highest BCUT2D eigenvalue weighted by Gasteiger charge is 2.30. The van der Waals surface area contributed by atoms with E-state index in [2.05, 4.69) is 87.3 Å². The SMILES string of the molecule is CC1(C)Oc2ccc(-c3cc(-c4cccnc4)cc(-c4cccnc4)c3)cc2-c2cc(-n3c4ccccc4c4cc(C#N)ccc43)ccc2O1. The lowest BCUT2D eigenvalue weighted by Crippen LogP contribution is -2.34. The van der Waals surface area contributed by atoms with E-state index in [4.69, 9.17) is 9.47 Å². The molecule has 0 saturated carbocycles. The van der Waals surface area contributed by atoms with Gasteiger partial charge in [0.1, 0.15) is 11.5 Å². The molecular formula is C44H30N4O2. The smallest absolute Gasteiger partial charge is 0.245 e. The van der Waals surface area contributed by atoms with Crippen molar-refractivity contribution < 1.29 is 9.47 Å². The van der Waals surface area contributed by atoms with Gasteiger partial charge >= 0.3 is 0 Å². The minimum absolute atomic E-state index is 0.635. The van der Waals surface area contributed by atoms with E-state index in [1.807, 2.05) is 80.8 Å². The van der Waals surface area contributed by atoms with Gasteiger partial charge in [0.2, 0.25) is 5.79 Å². The Bertz CT molecular complexity index is 2580. The molecule has 3 aromatic heterocycles. The molecule has 0 unspecified atom stereocenters. The zero-order valence-electron chi connectivity index (χ0n) is 27.5. The number of para-hydroxylation sites is 1. The minimum atomic E-state index is -0.892. The van der Waals surface area contributed by atoms with Crippen LogP contribution in [-0.2, 0) is 0 Å². The van der Waals surface area contributed by atoms with Crippen LogP contribution in [0.5, 0.6) is 11.5 Å². The van der Waals surface area contributed by atoms with Crippen LogP contribution < -0.4 is 9.47 Å². The molecule has 8 aromatic rings. The monoisotopic (exact) mass is 646 g/mol. The second-order valence-corrected chi connectivity index (χ2v) is 13.0. The number of rotatable bonds is 4. The van der Waals surface area contributed by atoms with Gasteiger partial charge in [0.05, 0.1) is 22.7 Å². The van der Waals surface area contributed by atoms with Gasteiger partial charge in [-0.15, -0.1) is 0 Å². The van der Waals surface area contributed by atoms with Crippen LogP contribution in [-0.4, -0.2) is 20.3 Å². The zero-order valence-corrected chi connectivity index (χ0v) is 27.5. The molecule has 0 N–H and O–H groups in total. The molecule has 0 atom stereocenters. The molecule has 4 heterocycles. The number of nitriles is 1. The topological polar surface area (TPSA) is 73.0 Å². The Balaban J connectivity index is 1.25. The fourth-order valence-electron chi connectivity index (χ4n) is 7.03. The van der Waals surface area contributed by atoms with Gasteiger partial charge in [-0.1, -0.05) is 36.4 Å². The molecule has 50 heavy (non-hydrogen) atoms. The second kappa shape index (κ2) is 11.5. The van der Waals surface area contributed by atoms with Crippen LogP contribution in [0.4, 0.5) is 0 Å². The van der Waals surface area contributed by atoms with Crippen molar-refractivity contribution in [3.05, 3.63) is 152 Å². The number of hydrogen-bond acceptors (Lipinski definition) is 5. The van der Waals surface area contributed by atoms with Gasteiger partial charge in [-0.3, -0.25) is 9.97 Å². The number of hydrogen-bond donors (Lipinski definition) is 0. The van der Waals surface area contributed by atoms with Gasteiger partial charge < -0.3 is 14.0 Å². The predicted molar refractivity (Wildman–Crippen MR) is 198 cm³/mol. The standard InChI is InChI=1S/C44H30N4O2/c1-44(2)49-42-15-12-29(32-20-33(30-7-5-17-46-26-30)22-34(21-32)31-8-6-18-47-27-31)23-38(42)39-24-35(13-16-43(39)50-44)48-40-10-4-3-9-36(40)37-19-28(25-45)11-14-41(37)48/h3-24,26-27H,1-2H3. The van der Waals surface area contributed by atoms with Crippen LogP contribution in [0.1, 0.15) is 19.4 Å². The van der Waals surface area contributed by atoms with Crippen LogP contribution in [0.2, 0.25) is 0 Å². The summed E-state index contributed by atoms with van der Waals surface area (Å²) in [6, 6.07) is 43.8. The number of fused-ring (bicyclic) bond motifs is 6. The Morgan fingerprint density at radius 2 is 1.18 bits per heavy atom. The first-order valence-electron chi connectivity index (χ1n) is 16.5. The van der Waals surface area contributed by atoms with Crippen molar-refractivity contribution in [1.82, 2.24) is 14.5 Å². The van der Waals surface area contributed by atoms with Crippen LogP contribution in [0.3, 0.4) is 0 Å². The zero-order chi connectivity index (χ0) is 33.8. The number of ether oxygens (including phenoxy) is 2. The highest BCUT2D eigenvalue weighted by atomic mass is 16.7. The highest BCUT2D eigenvalue weighted by molar-refractivity contribution is 6.09. The molecule has 5 aromatic carbocycles. The average molecular weight is 647 g/mol.